The Labute approximate surface area is 107 Å². The van der Waals surface area contributed by atoms with Gasteiger partial charge in [0.2, 0.25) is 0 Å². The third kappa shape index (κ3) is 3.78. The molecule has 102 valence electrons. The van der Waals surface area contributed by atoms with E-state index in [-0.39, 0.29) is 5.69 Å². The summed E-state index contributed by atoms with van der Waals surface area (Å²) < 4.78 is 6.41. The summed E-state index contributed by atoms with van der Waals surface area (Å²) in [6.45, 7) is 2.12. The molecule has 0 bridgehead atoms. The van der Waals surface area contributed by atoms with Crippen LogP contribution in [-0.2, 0) is 17.7 Å². The summed E-state index contributed by atoms with van der Waals surface area (Å²) in [5.41, 5.74) is 6.57. The zero-order valence-electron chi connectivity index (χ0n) is 11.2. The Kier molecular flexibility index (Phi) is 5.73. The highest BCUT2D eigenvalue weighted by Gasteiger charge is 2.19. The third-order valence-electron chi connectivity index (χ3n) is 2.57. The maximum atomic E-state index is 11.5. The Morgan fingerprint density at radius 2 is 2.22 bits per heavy atom. The monoisotopic (exact) mass is 255 g/mol. The van der Waals surface area contributed by atoms with Gasteiger partial charge in [-0.2, -0.15) is 0 Å². The minimum absolute atomic E-state index is 0.271. The van der Waals surface area contributed by atoms with Crippen LogP contribution in [0.25, 0.3) is 0 Å². The first-order valence-electron chi connectivity index (χ1n) is 5.95. The second kappa shape index (κ2) is 7.07. The molecule has 7 heteroatoms. The van der Waals surface area contributed by atoms with Crippen molar-refractivity contribution in [2.45, 2.75) is 19.4 Å². The average Bonchev–Trinajstić information content (AvgIpc) is 2.72. The molecular formula is C11H21N5O2. The summed E-state index contributed by atoms with van der Waals surface area (Å²) in [4.78, 5) is 13.6. The van der Waals surface area contributed by atoms with E-state index in [9.17, 15) is 4.79 Å². The zero-order chi connectivity index (χ0) is 13.5. The highest BCUT2D eigenvalue weighted by atomic mass is 16.5. The van der Waals surface area contributed by atoms with Gasteiger partial charge in [-0.15, -0.1) is 5.10 Å². The molecule has 0 saturated heterocycles. The van der Waals surface area contributed by atoms with Gasteiger partial charge in [-0.25, -0.2) is 9.48 Å². The van der Waals surface area contributed by atoms with Crippen molar-refractivity contribution in [2.75, 3.05) is 34.3 Å². The molecule has 0 atom stereocenters. The Balaban J connectivity index is 2.77. The van der Waals surface area contributed by atoms with E-state index in [0.717, 1.165) is 25.2 Å². The van der Waals surface area contributed by atoms with E-state index < -0.39 is 5.97 Å². The number of nitrogens with zero attached hydrogens (tertiary/aromatic N) is 4. The molecule has 0 saturated carbocycles. The lowest BCUT2D eigenvalue weighted by atomic mass is 10.2. The minimum atomic E-state index is -0.461. The van der Waals surface area contributed by atoms with Crippen molar-refractivity contribution in [2.24, 2.45) is 5.73 Å². The molecule has 0 aliphatic rings. The van der Waals surface area contributed by atoms with E-state index in [0.29, 0.717) is 13.0 Å². The lowest BCUT2D eigenvalue weighted by molar-refractivity contribution is 0.0592. The number of nitrogens with two attached hydrogens (primary N) is 1. The van der Waals surface area contributed by atoms with Gasteiger partial charge in [0.25, 0.3) is 0 Å². The van der Waals surface area contributed by atoms with Crippen molar-refractivity contribution >= 4 is 5.97 Å². The van der Waals surface area contributed by atoms with Gasteiger partial charge in [0, 0.05) is 13.0 Å². The first kappa shape index (κ1) is 14.6. The molecule has 0 radical (unpaired) electrons. The van der Waals surface area contributed by atoms with Crippen LogP contribution in [0.1, 0.15) is 22.6 Å². The molecule has 2 N–H and O–H groups in total. The van der Waals surface area contributed by atoms with Crippen molar-refractivity contribution in [1.82, 2.24) is 19.9 Å². The number of hydrogen-bond acceptors (Lipinski definition) is 6. The SMILES string of the molecule is COC(=O)c1nnn(CCCN(C)C)c1CCN. The fraction of sp³-hybridized carbons (Fsp3) is 0.727. The standard InChI is InChI=1S/C11H21N5O2/c1-15(2)7-4-8-16-9(5-6-12)10(13-14-16)11(17)18-3/h4-8,12H2,1-3H3. The molecule has 0 aromatic carbocycles. The number of hydrogen-bond donors (Lipinski definition) is 1. The summed E-state index contributed by atoms with van der Waals surface area (Å²) in [5, 5.41) is 7.86. The van der Waals surface area contributed by atoms with Gasteiger partial charge >= 0.3 is 5.97 Å². The number of ether oxygens (including phenoxy) is 1. The van der Waals surface area contributed by atoms with Crippen LogP contribution in [-0.4, -0.2) is 60.2 Å². The Morgan fingerprint density at radius 3 is 2.78 bits per heavy atom. The maximum Gasteiger partial charge on any atom is 0.360 e. The predicted octanol–water partition coefficient (Wildman–Crippen LogP) is -0.482. The lowest BCUT2D eigenvalue weighted by Gasteiger charge is -2.10. The van der Waals surface area contributed by atoms with Crippen molar-refractivity contribution in [3.05, 3.63) is 11.4 Å². The number of esters is 1. The molecule has 0 unspecified atom stereocenters. The van der Waals surface area contributed by atoms with E-state index in [4.69, 9.17) is 5.73 Å². The quantitative estimate of drug-likeness (QED) is 0.662. The molecule has 1 aromatic rings. The molecule has 1 aromatic heterocycles. The van der Waals surface area contributed by atoms with E-state index in [1.807, 2.05) is 14.1 Å². The summed E-state index contributed by atoms with van der Waals surface area (Å²) >= 11 is 0. The van der Waals surface area contributed by atoms with Gasteiger partial charge < -0.3 is 15.4 Å². The van der Waals surface area contributed by atoms with Crippen LogP contribution >= 0.6 is 0 Å². The molecule has 18 heavy (non-hydrogen) atoms. The van der Waals surface area contributed by atoms with E-state index >= 15 is 0 Å². The molecule has 0 spiro atoms. The van der Waals surface area contributed by atoms with Crippen molar-refractivity contribution in [3.63, 3.8) is 0 Å². The number of carbonyl (C=O) groups excluding carboxylic acids is 1. The smallest absolute Gasteiger partial charge is 0.360 e. The van der Waals surface area contributed by atoms with Gasteiger partial charge in [-0.3, -0.25) is 0 Å². The van der Waals surface area contributed by atoms with Crippen LogP contribution in [0.4, 0.5) is 0 Å². The highest BCUT2D eigenvalue weighted by Crippen LogP contribution is 2.08. The number of carbonyl (C=O) groups is 1. The van der Waals surface area contributed by atoms with E-state index in [1.54, 1.807) is 4.68 Å². The molecular weight excluding hydrogens is 234 g/mol. The molecule has 7 nitrogen and oxygen atoms in total. The zero-order valence-corrected chi connectivity index (χ0v) is 11.2. The normalized spacial score (nSPS) is 10.9. The number of aryl methyl sites for hydroxylation is 1. The van der Waals surface area contributed by atoms with Crippen LogP contribution in [0.2, 0.25) is 0 Å². The summed E-state index contributed by atoms with van der Waals surface area (Å²) in [6, 6.07) is 0. The minimum Gasteiger partial charge on any atom is -0.464 e. The molecule has 0 aliphatic carbocycles. The van der Waals surface area contributed by atoms with Crippen molar-refractivity contribution in [3.8, 4) is 0 Å². The van der Waals surface area contributed by atoms with E-state index in [1.165, 1.54) is 7.11 Å². The fourth-order valence-electron chi connectivity index (χ4n) is 1.69. The predicted molar refractivity (Wildman–Crippen MR) is 67.3 cm³/mol. The van der Waals surface area contributed by atoms with Crippen molar-refractivity contribution in [1.29, 1.82) is 0 Å². The summed E-state index contributed by atoms with van der Waals surface area (Å²) in [7, 11) is 5.36. The largest absolute Gasteiger partial charge is 0.464 e. The second-order valence-corrected chi connectivity index (χ2v) is 4.29. The molecule has 1 heterocycles. The van der Waals surface area contributed by atoms with Crippen LogP contribution in [0.5, 0.6) is 0 Å². The second-order valence-electron chi connectivity index (χ2n) is 4.29. The average molecular weight is 255 g/mol. The van der Waals surface area contributed by atoms with Crippen LogP contribution in [0, 0.1) is 0 Å². The van der Waals surface area contributed by atoms with Crippen LogP contribution < -0.4 is 5.73 Å². The first-order chi connectivity index (χ1) is 8.60. The Hall–Kier alpha value is -1.47. The number of rotatable bonds is 7. The number of aromatic nitrogens is 3. The molecule has 0 fully saturated rings. The first-order valence-corrected chi connectivity index (χ1v) is 5.95. The number of methoxy groups -OCH3 is 1. The van der Waals surface area contributed by atoms with Gasteiger partial charge in [0.1, 0.15) is 0 Å². The Morgan fingerprint density at radius 1 is 1.50 bits per heavy atom. The van der Waals surface area contributed by atoms with Crippen LogP contribution in [0.3, 0.4) is 0 Å². The fourth-order valence-corrected chi connectivity index (χ4v) is 1.69. The molecule has 1 rings (SSSR count). The molecule has 0 aliphatic heterocycles. The Bertz CT molecular complexity index is 389. The summed E-state index contributed by atoms with van der Waals surface area (Å²) in [5.74, 6) is -0.461. The van der Waals surface area contributed by atoms with Crippen molar-refractivity contribution < 1.29 is 9.53 Å². The third-order valence-corrected chi connectivity index (χ3v) is 2.57. The molecule has 0 amide bonds. The topological polar surface area (TPSA) is 86.3 Å². The lowest BCUT2D eigenvalue weighted by Crippen LogP contribution is -2.18. The van der Waals surface area contributed by atoms with E-state index in [2.05, 4.69) is 19.9 Å². The van der Waals surface area contributed by atoms with Gasteiger partial charge in [-0.1, -0.05) is 5.21 Å². The van der Waals surface area contributed by atoms with Gasteiger partial charge in [0.15, 0.2) is 5.69 Å². The van der Waals surface area contributed by atoms with Crippen LogP contribution in [0.15, 0.2) is 0 Å². The van der Waals surface area contributed by atoms with Gasteiger partial charge in [0.05, 0.1) is 12.8 Å². The highest BCUT2D eigenvalue weighted by molar-refractivity contribution is 5.88. The van der Waals surface area contributed by atoms with Gasteiger partial charge in [-0.05, 0) is 33.6 Å². The maximum absolute atomic E-state index is 11.5. The summed E-state index contributed by atoms with van der Waals surface area (Å²) in [6.07, 6.45) is 1.51.